The normalized spacial score (nSPS) is 12.2. The number of aryl methyl sites for hydroxylation is 1. The second kappa shape index (κ2) is 5.95. The number of amides is 1. The molecular weight excluding hydrogens is 258 g/mol. The predicted octanol–water partition coefficient (Wildman–Crippen LogP) is 2.08. The lowest BCUT2D eigenvalue weighted by atomic mass is 10.2. The molecule has 1 atom stereocenters. The van der Waals surface area contributed by atoms with Crippen LogP contribution in [0.3, 0.4) is 0 Å². The van der Waals surface area contributed by atoms with Crippen molar-refractivity contribution < 1.29 is 4.79 Å². The summed E-state index contributed by atoms with van der Waals surface area (Å²) in [7, 11) is 0. The molecule has 1 aromatic heterocycles. The Morgan fingerprint density at radius 1 is 1.42 bits per heavy atom. The van der Waals surface area contributed by atoms with Gasteiger partial charge in [-0.1, -0.05) is 30.3 Å². The van der Waals surface area contributed by atoms with Gasteiger partial charge in [-0.2, -0.15) is 0 Å². The summed E-state index contributed by atoms with van der Waals surface area (Å²) < 4.78 is 0. The first-order valence-electron chi connectivity index (χ1n) is 6.13. The molecule has 1 heterocycles. The van der Waals surface area contributed by atoms with Crippen LogP contribution in [0.5, 0.6) is 0 Å². The number of nitrogens with zero attached hydrogens (tertiary/aromatic N) is 1. The van der Waals surface area contributed by atoms with Gasteiger partial charge < -0.3 is 11.1 Å². The summed E-state index contributed by atoms with van der Waals surface area (Å²) in [5.41, 5.74) is 7.56. The number of carbonyl (C=O) groups is 1. The molecule has 19 heavy (non-hydrogen) atoms. The average molecular weight is 275 g/mol. The van der Waals surface area contributed by atoms with Gasteiger partial charge in [-0.3, -0.25) is 4.79 Å². The topological polar surface area (TPSA) is 68.0 Å². The van der Waals surface area contributed by atoms with Crippen molar-refractivity contribution in [1.82, 2.24) is 10.3 Å². The minimum atomic E-state index is -0.484. The average Bonchev–Trinajstić information content (AvgIpc) is 2.78. The standard InChI is InChI=1S/C14H17N3OS/c1-9(15)13(18)16-8-12-10(2)17-14(19-12)11-6-4-3-5-7-11/h3-7,9H,8,15H2,1-2H3,(H,16,18)/t9-/m1/s1. The van der Waals surface area contributed by atoms with Crippen LogP contribution in [-0.2, 0) is 11.3 Å². The lowest BCUT2D eigenvalue weighted by Gasteiger charge is -2.06. The SMILES string of the molecule is Cc1nc(-c2ccccc2)sc1CNC(=O)[C@@H](C)N. The molecule has 1 amide bonds. The number of carbonyl (C=O) groups excluding carboxylic acids is 1. The van der Waals surface area contributed by atoms with E-state index in [9.17, 15) is 4.79 Å². The maximum Gasteiger partial charge on any atom is 0.236 e. The zero-order chi connectivity index (χ0) is 13.8. The molecule has 1 aromatic carbocycles. The lowest BCUT2D eigenvalue weighted by molar-refractivity contribution is -0.122. The second-order valence-corrected chi connectivity index (χ2v) is 5.48. The van der Waals surface area contributed by atoms with Crippen molar-refractivity contribution >= 4 is 17.2 Å². The summed E-state index contributed by atoms with van der Waals surface area (Å²) in [5, 5.41) is 3.79. The second-order valence-electron chi connectivity index (χ2n) is 4.40. The van der Waals surface area contributed by atoms with E-state index in [1.54, 1.807) is 18.3 Å². The largest absolute Gasteiger partial charge is 0.350 e. The molecule has 5 heteroatoms. The minimum Gasteiger partial charge on any atom is -0.350 e. The van der Waals surface area contributed by atoms with Gasteiger partial charge >= 0.3 is 0 Å². The van der Waals surface area contributed by atoms with Gasteiger partial charge in [0.25, 0.3) is 0 Å². The fourth-order valence-corrected chi connectivity index (χ4v) is 2.63. The Hall–Kier alpha value is -1.72. The van der Waals surface area contributed by atoms with E-state index in [0.717, 1.165) is 21.1 Å². The van der Waals surface area contributed by atoms with E-state index in [1.807, 2.05) is 37.3 Å². The van der Waals surface area contributed by atoms with Gasteiger partial charge in [0.1, 0.15) is 5.01 Å². The van der Waals surface area contributed by atoms with E-state index in [4.69, 9.17) is 5.73 Å². The Balaban J connectivity index is 2.12. The summed E-state index contributed by atoms with van der Waals surface area (Å²) in [6.45, 7) is 4.11. The number of nitrogens with two attached hydrogens (primary N) is 1. The van der Waals surface area contributed by atoms with Gasteiger partial charge in [-0.15, -0.1) is 11.3 Å². The van der Waals surface area contributed by atoms with E-state index in [2.05, 4.69) is 10.3 Å². The monoisotopic (exact) mass is 275 g/mol. The van der Waals surface area contributed by atoms with Crippen LogP contribution in [0.1, 0.15) is 17.5 Å². The zero-order valence-corrected chi connectivity index (χ0v) is 11.8. The quantitative estimate of drug-likeness (QED) is 0.897. The van der Waals surface area contributed by atoms with Crippen LogP contribution in [0.25, 0.3) is 10.6 Å². The fourth-order valence-electron chi connectivity index (χ4n) is 1.62. The molecule has 2 rings (SSSR count). The highest BCUT2D eigenvalue weighted by Crippen LogP contribution is 2.27. The fraction of sp³-hybridized carbons (Fsp3) is 0.286. The number of hydrogen-bond acceptors (Lipinski definition) is 4. The van der Waals surface area contributed by atoms with Crippen molar-refractivity contribution in [2.24, 2.45) is 5.73 Å². The number of hydrogen-bond donors (Lipinski definition) is 2. The van der Waals surface area contributed by atoms with Crippen LogP contribution in [0.4, 0.5) is 0 Å². The number of nitrogens with one attached hydrogen (secondary N) is 1. The van der Waals surface area contributed by atoms with Crippen LogP contribution in [0.2, 0.25) is 0 Å². The third-order valence-electron chi connectivity index (χ3n) is 2.75. The number of benzene rings is 1. The molecule has 4 nitrogen and oxygen atoms in total. The molecule has 0 aliphatic heterocycles. The van der Waals surface area contributed by atoms with Gasteiger partial charge in [0.05, 0.1) is 18.3 Å². The third-order valence-corrected chi connectivity index (χ3v) is 3.96. The molecule has 0 saturated carbocycles. The van der Waals surface area contributed by atoms with Gasteiger partial charge in [-0.25, -0.2) is 4.98 Å². The molecule has 0 radical (unpaired) electrons. The van der Waals surface area contributed by atoms with Gasteiger partial charge in [0, 0.05) is 10.4 Å². The molecule has 0 aliphatic carbocycles. The molecule has 2 aromatic rings. The molecule has 0 saturated heterocycles. The molecular formula is C14H17N3OS. The molecule has 100 valence electrons. The zero-order valence-electron chi connectivity index (χ0n) is 11.0. The van der Waals surface area contributed by atoms with Gasteiger partial charge in [0.2, 0.25) is 5.91 Å². The van der Waals surface area contributed by atoms with Crippen LogP contribution >= 0.6 is 11.3 Å². The van der Waals surface area contributed by atoms with Crippen molar-refractivity contribution in [3.8, 4) is 10.6 Å². The number of thiazole rings is 1. The van der Waals surface area contributed by atoms with Crippen molar-refractivity contribution in [2.45, 2.75) is 26.4 Å². The Kier molecular flexibility index (Phi) is 4.29. The Morgan fingerprint density at radius 2 is 2.11 bits per heavy atom. The highest BCUT2D eigenvalue weighted by molar-refractivity contribution is 7.15. The van der Waals surface area contributed by atoms with Gasteiger partial charge in [-0.05, 0) is 13.8 Å². The Labute approximate surface area is 116 Å². The summed E-state index contributed by atoms with van der Waals surface area (Å²) in [5.74, 6) is -0.144. The maximum atomic E-state index is 11.5. The van der Waals surface area contributed by atoms with E-state index < -0.39 is 6.04 Å². The summed E-state index contributed by atoms with van der Waals surface area (Å²) in [6.07, 6.45) is 0. The lowest BCUT2D eigenvalue weighted by Crippen LogP contribution is -2.37. The van der Waals surface area contributed by atoms with E-state index in [-0.39, 0.29) is 5.91 Å². The number of rotatable bonds is 4. The van der Waals surface area contributed by atoms with E-state index in [0.29, 0.717) is 6.54 Å². The maximum absolute atomic E-state index is 11.5. The molecule has 0 bridgehead atoms. The predicted molar refractivity (Wildman–Crippen MR) is 77.8 cm³/mol. The summed E-state index contributed by atoms with van der Waals surface area (Å²) in [6, 6.07) is 9.54. The Morgan fingerprint density at radius 3 is 2.74 bits per heavy atom. The summed E-state index contributed by atoms with van der Waals surface area (Å²) in [4.78, 5) is 17.1. The van der Waals surface area contributed by atoms with Crippen molar-refractivity contribution in [3.63, 3.8) is 0 Å². The van der Waals surface area contributed by atoms with Crippen molar-refractivity contribution in [1.29, 1.82) is 0 Å². The first-order chi connectivity index (χ1) is 9.08. The molecule has 0 unspecified atom stereocenters. The minimum absolute atomic E-state index is 0.144. The van der Waals surface area contributed by atoms with E-state index in [1.165, 1.54) is 0 Å². The molecule has 0 aliphatic rings. The van der Waals surface area contributed by atoms with Gasteiger partial charge in [0.15, 0.2) is 0 Å². The molecule has 0 fully saturated rings. The van der Waals surface area contributed by atoms with E-state index >= 15 is 0 Å². The van der Waals surface area contributed by atoms with Crippen molar-refractivity contribution in [2.75, 3.05) is 0 Å². The first kappa shape index (κ1) is 13.7. The van der Waals surface area contributed by atoms with Crippen LogP contribution in [0, 0.1) is 6.92 Å². The number of aromatic nitrogens is 1. The van der Waals surface area contributed by atoms with Crippen LogP contribution in [-0.4, -0.2) is 16.9 Å². The third kappa shape index (κ3) is 3.39. The molecule has 3 N–H and O–H groups in total. The highest BCUT2D eigenvalue weighted by atomic mass is 32.1. The van der Waals surface area contributed by atoms with Crippen LogP contribution in [0.15, 0.2) is 30.3 Å². The first-order valence-corrected chi connectivity index (χ1v) is 6.94. The van der Waals surface area contributed by atoms with Crippen LogP contribution < -0.4 is 11.1 Å². The highest BCUT2D eigenvalue weighted by Gasteiger charge is 2.11. The Bertz CT molecular complexity index is 563. The van der Waals surface area contributed by atoms with Crippen molar-refractivity contribution in [3.05, 3.63) is 40.9 Å². The smallest absolute Gasteiger partial charge is 0.236 e. The summed E-state index contributed by atoms with van der Waals surface area (Å²) >= 11 is 1.60. The molecule has 0 spiro atoms.